The molecule has 0 saturated carbocycles. The fourth-order valence-corrected chi connectivity index (χ4v) is 3.94. The molecule has 4 rings (SSSR count). The molecular weight excluding hydrogens is 336 g/mol. The van der Waals surface area contributed by atoms with E-state index < -0.39 is 0 Å². The number of methoxy groups -OCH3 is 1. The summed E-state index contributed by atoms with van der Waals surface area (Å²) in [5.41, 5.74) is 1.34. The van der Waals surface area contributed by atoms with Gasteiger partial charge in [0.25, 0.3) is 5.91 Å². The number of benzene rings is 1. The molecule has 1 N–H and O–H groups in total. The zero-order valence-corrected chi connectivity index (χ0v) is 14.7. The molecule has 0 unspecified atom stereocenters. The monoisotopic (exact) mass is 354 g/mol. The average Bonchev–Trinajstić information content (AvgIpc) is 3.30. The zero-order valence-electron chi connectivity index (χ0n) is 13.9. The lowest BCUT2D eigenvalue weighted by atomic mass is 10.2. The highest BCUT2D eigenvalue weighted by Crippen LogP contribution is 2.32. The van der Waals surface area contributed by atoms with Gasteiger partial charge in [0.1, 0.15) is 17.1 Å². The lowest BCUT2D eigenvalue weighted by molar-refractivity contribution is 0.102. The second-order valence-electron chi connectivity index (χ2n) is 5.85. The standard InChI is InChI=1S/C18H18N4O2S/c1-24-13-7-4-8-14-15(13)20-18(25-14)21-17(23)12-6-5-9-19-16(12)22-10-2-3-11-22/h4-9H,2-3,10-11H2,1H3,(H,20,21,23). The smallest absolute Gasteiger partial charge is 0.261 e. The van der Waals surface area contributed by atoms with Crippen LogP contribution in [0.2, 0.25) is 0 Å². The van der Waals surface area contributed by atoms with Gasteiger partial charge >= 0.3 is 0 Å². The highest BCUT2D eigenvalue weighted by Gasteiger charge is 2.21. The molecule has 1 aliphatic rings. The summed E-state index contributed by atoms with van der Waals surface area (Å²) in [6.45, 7) is 1.88. The van der Waals surface area contributed by atoms with Crippen LogP contribution < -0.4 is 15.0 Å². The Hall–Kier alpha value is -2.67. The van der Waals surface area contributed by atoms with Gasteiger partial charge in [-0.25, -0.2) is 9.97 Å². The normalized spacial score (nSPS) is 14.0. The van der Waals surface area contributed by atoms with E-state index in [-0.39, 0.29) is 5.91 Å². The van der Waals surface area contributed by atoms with Crippen LogP contribution in [0.5, 0.6) is 5.75 Å². The van der Waals surface area contributed by atoms with Crippen molar-refractivity contribution in [2.45, 2.75) is 12.8 Å². The number of rotatable bonds is 4. The molecule has 1 saturated heterocycles. The minimum atomic E-state index is -0.187. The van der Waals surface area contributed by atoms with Crippen molar-refractivity contribution in [3.8, 4) is 5.75 Å². The van der Waals surface area contributed by atoms with Crippen LogP contribution in [0.15, 0.2) is 36.5 Å². The quantitative estimate of drug-likeness (QED) is 0.776. The summed E-state index contributed by atoms with van der Waals surface area (Å²) in [6, 6.07) is 9.34. The van der Waals surface area contributed by atoms with Crippen molar-refractivity contribution in [3.05, 3.63) is 42.1 Å². The van der Waals surface area contributed by atoms with E-state index in [1.165, 1.54) is 11.3 Å². The third-order valence-electron chi connectivity index (χ3n) is 4.26. The fourth-order valence-electron chi connectivity index (χ4n) is 3.06. The van der Waals surface area contributed by atoms with E-state index in [2.05, 4.69) is 20.2 Å². The summed E-state index contributed by atoms with van der Waals surface area (Å²) in [5, 5.41) is 3.47. The van der Waals surface area contributed by atoms with Gasteiger partial charge in [-0.1, -0.05) is 17.4 Å². The number of aromatic nitrogens is 2. The van der Waals surface area contributed by atoms with Crippen molar-refractivity contribution >= 4 is 38.4 Å². The number of para-hydroxylation sites is 1. The minimum Gasteiger partial charge on any atom is -0.494 e. The van der Waals surface area contributed by atoms with Crippen molar-refractivity contribution in [1.82, 2.24) is 9.97 Å². The Morgan fingerprint density at radius 3 is 2.88 bits per heavy atom. The number of pyridine rings is 1. The molecule has 0 radical (unpaired) electrons. The maximum Gasteiger partial charge on any atom is 0.261 e. The molecule has 2 aromatic heterocycles. The van der Waals surface area contributed by atoms with E-state index in [1.807, 2.05) is 24.3 Å². The number of ether oxygens (including phenoxy) is 1. The third kappa shape index (κ3) is 3.02. The average molecular weight is 354 g/mol. The number of thiazole rings is 1. The van der Waals surface area contributed by atoms with Crippen LogP contribution in [0.4, 0.5) is 10.9 Å². The molecule has 0 atom stereocenters. The summed E-state index contributed by atoms with van der Waals surface area (Å²) in [6.07, 6.45) is 4.00. The number of hydrogen-bond donors (Lipinski definition) is 1. The highest BCUT2D eigenvalue weighted by atomic mass is 32.1. The Labute approximate surface area is 149 Å². The van der Waals surface area contributed by atoms with Gasteiger partial charge in [0.15, 0.2) is 5.13 Å². The molecule has 3 heterocycles. The molecule has 7 heteroatoms. The van der Waals surface area contributed by atoms with Gasteiger partial charge in [0.2, 0.25) is 0 Å². The maximum absolute atomic E-state index is 12.8. The van der Waals surface area contributed by atoms with Crippen LogP contribution in [-0.4, -0.2) is 36.1 Å². The van der Waals surface area contributed by atoms with Crippen molar-refractivity contribution in [2.75, 3.05) is 30.4 Å². The second kappa shape index (κ2) is 6.68. The summed E-state index contributed by atoms with van der Waals surface area (Å²) in [4.78, 5) is 23.9. The van der Waals surface area contributed by atoms with E-state index in [0.717, 1.165) is 42.0 Å². The van der Waals surface area contributed by atoms with E-state index in [0.29, 0.717) is 16.4 Å². The Balaban J connectivity index is 1.62. The lowest BCUT2D eigenvalue weighted by Crippen LogP contribution is -2.24. The first-order valence-electron chi connectivity index (χ1n) is 8.21. The van der Waals surface area contributed by atoms with Crippen molar-refractivity contribution in [3.63, 3.8) is 0 Å². The van der Waals surface area contributed by atoms with Crippen LogP contribution in [0.1, 0.15) is 23.2 Å². The van der Waals surface area contributed by atoms with Crippen LogP contribution in [0.25, 0.3) is 10.2 Å². The molecule has 3 aromatic rings. The van der Waals surface area contributed by atoms with E-state index in [4.69, 9.17) is 4.74 Å². The van der Waals surface area contributed by atoms with Crippen LogP contribution in [-0.2, 0) is 0 Å². The molecule has 1 amide bonds. The van der Waals surface area contributed by atoms with Crippen molar-refractivity contribution in [1.29, 1.82) is 0 Å². The largest absolute Gasteiger partial charge is 0.494 e. The molecule has 1 fully saturated rings. The Bertz CT molecular complexity index is 918. The van der Waals surface area contributed by atoms with Gasteiger partial charge in [-0.05, 0) is 37.1 Å². The first kappa shape index (κ1) is 15.8. The Kier molecular flexibility index (Phi) is 4.23. The van der Waals surface area contributed by atoms with Gasteiger partial charge in [-0.15, -0.1) is 0 Å². The van der Waals surface area contributed by atoms with E-state index >= 15 is 0 Å². The van der Waals surface area contributed by atoms with Gasteiger partial charge in [-0.2, -0.15) is 0 Å². The molecule has 6 nitrogen and oxygen atoms in total. The summed E-state index contributed by atoms with van der Waals surface area (Å²) in [5.74, 6) is 1.26. The van der Waals surface area contributed by atoms with Crippen molar-refractivity contribution in [2.24, 2.45) is 0 Å². The number of carbonyl (C=O) groups is 1. The molecule has 1 aromatic carbocycles. The van der Waals surface area contributed by atoms with Crippen LogP contribution in [0.3, 0.4) is 0 Å². The van der Waals surface area contributed by atoms with Gasteiger partial charge < -0.3 is 9.64 Å². The predicted molar refractivity (Wildman–Crippen MR) is 99.8 cm³/mol. The number of amides is 1. The fraction of sp³-hybridized carbons (Fsp3) is 0.278. The van der Waals surface area contributed by atoms with E-state index in [9.17, 15) is 4.79 Å². The molecule has 0 spiro atoms. The SMILES string of the molecule is COc1cccc2sc(NC(=O)c3cccnc3N3CCCC3)nc12. The lowest BCUT2D eigenvalue weighted by Gasteiger charge is -2.18. The first-order chi connectivity index (χ1) is 12.3. The number of anilines is 2. The molecule has 128 valence electrons. The van der Waals surface area contributed by atoms with Gasteiger partial charge in [0.05, 0.1) is 17.4 Å². The highest BCUT2D eigenvalue weighted by molar-refractivity contribution is 7.22. The predicted octanol–water partition coefficient (Wildman–Crippen LogP) is 3.55. The third-order valence-corrected chi connectivity index (χ3v) is 5.20. The summed E-state index contributed by atoms with van der Waals surface area (Å²) in [7, 11) is 1.62. The maximum atomic E-state index is 12.8. The summed E-state index contributed by atoms with van der Waals surface area (Å²) >= 11 is 1.43. The first-order valence-corrected chi connectivity index (χ1v) is 9.03. The van der Waals surface area contributed by atoms with E-state index in [1.54, 1.807) is 19.4 Å². The summed E-state index contributed by atoms with van der Waals surface area (Å²) < 4.78 is 6.30. The molecule has 25 heavy (non-hydrogen) atoms. The van der Waals surface area contributed by atoms with Gasteiger partial charge in [0, 0.05) is 19.3 Å². The second-order valence-corrected chi connectivity index (χ2v) is 6.88. The number of fused-ring (bicyclic) bond motifs is 1. The molecule has 0 aliphatic carbocycles. The molecule has 0 bridgehead atoms. The zero-order chi connectivity index (χ0) is 17.2. The topological polar surface area (TPSA) is 67.3 Å². The number of carbonyl (C=O) groups excluding carboxylic acids is 1. The number of hydrogen-bond acceptors (Lipinski definition) is 6. The van der Waals surface area contributed by atoms with Crippen LogP contribution >= 0.6 is 11.3 Å². The Morgan fingerprint density at radius 2 is 2.08 bits per heavy atom. The van der Waals surface area contributed by atoms with Gasteiger partial charge in [-0.3, -0.25) is 10.1 Å². The molecule has 1 aliphatic heterocycles. The minimum absolute atomic E-state index is 0.187. The number of nitrogens with zero attached hydrogens (tertiary/aromatic N) is 3. The van der Waals surface area contributed by atoms with Crippen LogP contribution in [0, 0.1) is 0 Å². The Morgan fingerprint density at radius 1 is 1.24 bits per heavy atom. The van der Waals surface area contributed by atoms with Crippen molar-refractivity contribution < 1.29 is 9.53 Å². The number of nitrogens with one attached hydrogen (secondary N) is 1. The molecular formula is C18H18N4O2S.